The van der Waals surface area contributed by atoms with Crippen LogP contribution in [0, 0.1) is 6.92 Å². The number of aryl methyl sites for hydroxylation is 1. The largest absolute Gasteiger partial charge is 0.507 e. The van der Waals surface area contributed by atoms with Gasteiger partial charge in [-0.05, 0) is 41.5 Å². The van der Waals surface area contributed by atoms with Gasteiger partial charge in [0.15, 0.2) is 0 Å². The number of phenolic OH excluding ortho intramolecular Hbond substituents is 1. The Morgan fingerprint density at radius 3 is 2.28 bits per heavy atom. The Hall–Kier alpha value is -2.17. The predicted molar refractivity (Wildman–Crippen MR) is 121 cm³/mol. The lowest BCUT2D eigenvalue weighted by atomic mass is 9.93. The molecule has 3 rings (SSSR count). The Kier molecular flexibility index (Phi) is 7.09. The average molecular weight is 395 g/mol. The van der Waals surface area contributed by atoms with Gasteiger partial charge in [-0.3, -0.25) is 9.89 Å². The molecule has 4 heteroatoms. The van der Waals surface area contributed by atoms with Crippen LogP contribution in [0.4, 0.5) is 5.69 Å². The SMILES string of the molecule is Cc1cc(C=Nc2c(C(C)C)cccc2C(C)C)c(O)c(CN2CCOCC2)c1. The van der Waals surface area contributed by atoms with E-state index in [4.69, 9.17) is 9.73 Å². The fourth-order valence-corrected chi connectivity index (χ4v) is 3.90. The standard InChI is InChI=1S/C25H34N2O2/c1-17(2)22-7-6-8-23(18(3)4)24(22)26-15-20-13-19(5)14-21(25(20)28)16-27-9-11-29-12-10-27/h6-8,13-15,17-18,28H,9-12,16H2,1-5H3. The van der Waals surface area contributed by atoms with Crippen LogP contribution in [0.1, 0.15) is 67.3 Å². The smallest absolute Gasteiger partial charge is 0.128 e. The van der Waals surface area contributed by atoms with Crippen molar-refractivity contribution in [1.29, 1.82) is 0 Å². The summed E-state index contributed by atoms with van der Waals surface area (Å²) in [5.41, 5.74) is 6.39. The van der Waals surface area contributed by atoms with Crippen LogP contribution in [0.2, 0.25) is 0 Å². The molecule has 0 saturated carbocycles. The van der Waals surface area contributed by atoms with E-state index in [9.17, 15) is 5.11 Å². The van der Waals surface area contributed by atoms with Gasteiger partial charge in [0.1, 0.15) is 5.75 Å². The van der Waals surface area contributed by atoms with E-state index in [1.54, 1.807) is 0 Å². The molecule has 4 nitrogen and oxygen atoms in total. The van der Waals surface area contributed by atoms with Gasteiger partial charge in [0.25, 0.3) is 0 Å². The van der Waals surface area contributed by atoms with E-state index in [0.29, 0.717) is 17.6 Å². The van der Waals surface area contributed by atoms with Crippen LogP contribution in [-0.2, 0) is 11.3 Å². The Labute approximate surface area is 175 Å². The third-order valence-electron chi connectivity index (χ3n) is 5.54. The average Bonchev–Trinajstić information content (AvgIpc) is 2.69. The molecule has 2 aromatic carbocycles. The number of hydrogen-bond acceptors (Lipinski definition) is 4. The predicted octanol–water partition coefficient (Wildman–Crippen LogP) is 5.53. The molecular formula is C25H34N2O2. The number of hydrogen-bond donors (Lipinski definition) is 1. The third-order valence-corrected chi connectivity index (χ3v) is 5.54. The molecular weight excluding hydrogens is 360 g/mol. The molecule has 1 fully saturated rings. The number of aromatic hydroxyl groups is 1. The van der Waals surface area contributed by atoms with Crippen molar-refractivity contribution < 1.29 is 9.84 Å². The Balaban J connectivity index is 1.95. The lowest BCUT2D eigenvalue weighted by molar-refractivity contribution is 0.0339. The molecule has 0 aliphatic carbocycles. The maximum atomic E-state index is 10.9. The van der Waals surface area contributed by atoms with Gasteiger partial charge in [0, 0.05) is 37.0 Å². The van der Waals surface area contributed by atoms with E-state index in [0.717, 1.165) is 55.2 Å². The normalized spacial score (nSPS) is 15.7. The zero-order valence-electron chi connectivity index (χ0n) is 18.4. The number of rotatable bonds is 6. The van der Waals surface area contributed by atoms with Crippen molar-refractivity contribution in [3.63, 3.8) is 0 Å². The second-order valence-corrected chi connectivity index (χ2v) is 8.60. The molecule has 0 amide bonds. The lowest BCUT2D eigenvalue weighted by Gasteiger charge is -2.27. The summed E-state index contributed by atoms with van der Waals surface area (Å²) < 4.78 is 5.44. The van der Waals surface area contributed by atoms with Crippen LogP contribution in [0.15, 0.2) is 35.3 Å². The minimum atomic E-state index is 0.332. The summed E-state index contributed by atoms with van der Waals surface area (Å²) in [6.45, 7) is 14.9. The van der Waals surface area contributed by atoms with Crippen molar-refractivity contribution in [1.82, 2.24) is 4.90 Å². The number of phenols is 1. The molecule has 29 heavy (non-hydrogen) atoms. The molecule has 0 radical (unpaired) electrons. The first-order chi connectivity index (χ1) is 13.9. The minimum Gasteiger partial charge on any atom is -0.507 e. The van der Waals surface area contributed by atoms with Crippen LogP contribution < -0.4 is 0 Å². The summed E-state index contributed by atoms with van der Waals surface area (Å²) in [6.07, 6.45) is 1.83. The second kappa shape index (κ2) is 9.55. The summed E-state index contributed by atoms with van der Waals surface area (Å²) in [7, 11) is 0. The molecule has 0 unspecified atom stereocenters. The van der Waals surface area contributed by atoms with Crippen molar-refractivity contribution in [2.24, 2.45) is 4.99 Å². The highest BCUT2D eigenvalue weighted by molar-refractivity contribution is 5.87. The van der Waals surface area contributed by atoms with E-state index in [2.05, 4.69) is 63.8 Å². The molecule has 0 atom stereocenters. The van der Waals surface area contributed by atoms with Crippen LogP contribution in [0.3, 0.4) is 0 Å². The van der Waals surface area contributed by atoms with E-state index in [1.165, 1.54) is 11.1 Å². The zero-order valence-corrected chi connectivity index (χ0v) is 18.4. The topological polar surface area (TPSA) is 45.1 Å². The Morgan fingerprint density at radius 1 is 1.07 bits per heavy atom. The molecule has 1 saturated heterocycles. The van der Waals surface area contributed by atoms with Gasteiger partial charge in [-0.15, -0.1) is 0 Å². The quantitative estimate of drug-likeness (QED) is 0.655. The molecule has 1 N–H and O–H groups in total. The molecule has 0 bridgehead atoms. The summed E-state index contributed by atoms with van der Waals surface area (Å²) >= 11 is 0. The molecule has 0 spiro atoms. The van der Waals surface area contributed by atoms with E-state index in [1.807, 2.05) is 12.3 Å². The van der Waals surface area contributed by atoms with Crippen molar-refractivity contribution in [3.8, 4) is 5.75 Å². The zero-order chi connectivity index (χ0) is 21.0. The Bertz CT molecular complexity index is 839. The summed E-state index contributed by atoms with van der Waals surface area (Å²) in [5.74, 6) is 1.12. The summed E-state index contributed by atoms with van der Waals surface area (Å²) in [4.78, 5) is 7.21. The maximum absolute atomic E-state index is 10.9. The van der Waals surface area contributed by atoms with Gasteiger partial charge in [-0.1, -0.05) is 52.0 Å². The van der Waals surface area contributed by atoms with Gasteiger partial charge in [0.2, 0.25) is 0 Å². The molecule has 1 aliphatic heterocycles. The summed E-state index contributed by atoms with van der Waals surface area (Å²) in [5, 5.41) is 10.9. The molecule has 1 aliphatic rings. The van der Waals surface area contributed by atoms with E-state index < -0.39 is 0 Å². The highest BCUT2D eigenvalue weighted by Crippen LogP contribution is 2.35. The highest BCUT2D eigenvalue weighted by Gasteiger charge is 2.16. The van der Waals surface area contributed by atoms with E-state index in [-0.39, 0.29) is 0 Å². The Morgan fingerprint density at radius 2 is 1.69 bits per heavy atom. The summed E-state index contributed by atoms with van der Waals surface area (Å²) in [6, 6.07) is 10.5. The maximum Gasteiger partial charge on any atom is 0.128 e. The van der Waals surface area contributed by atoms with Crippen molar-refractivity contribution in [2.75, 3.05) is 26.3 Å². The van der Waals surface area contributed by atoms with Crippen LogP contribution in [0.25, 0.3) is 0 Å². The van der Waals surface area contributed by atoms with Gasteiger partial charge in [-0.2, -0.15) is 0 Å². The molecule has 0 aromatic heterocycles. The van der Waals surface area contributed by atoms with Crippen molar-refractivity contribution in [3.05, 3.63) is 58.1 Å². The van der Waals surface area contributed by atoms with Gasteiger partial charge in [0.05, 0.1) is 18.9 Å². The second-order valence-electron chi connectivity index (χ2n) is 8.60. The number of morpholine rings is 1. The lowest BCUT2D eigenvalue weighted by Crippen LogP contribution is -2.35. The van der Waals surface area contributed by atoms with Crippen LogP contribution in [0.5, 0.6) is 5.75 Å². The fraction of sp³-hybridized carbons (Fsp3) is 0.480. The third kappa shape index (κ3) is 5.26. The first-order valence-corrected chi connectivity index (χ1v) is 10.7. The molecule has 1 heterocycles. The van der Waals surface area contributed by atoms with Crippen molar-refractivity contribution >= 4 is 11.9 Å². The number of aliphatic imine (C=N–C) groups is 1. The van der Waals surface area contributed by atoms with Crippen LogP contribution >= 0.6 is 0 Å². The van der Waals surface area contributed by atoms with E-state index >= 15 is 0 Å². The number of ether oxygens (including phenoxy) is 1. The van der Waals surface area contributed by atoms with Gasteiger partial charge >= 0.3 is 0 Å². The fourth-order valence-electron chi connectivity index (χ4n) is 3.90. The van der Waals surface area contributed by atoms with Gasteiger partial charge < -0.3 is 9.84 Å². The first kappa shape index (κ1) is 21.5. The monoisotopic (exact) mass is 394 g/mol. The first-order valence-electron chi connectivity index (χ1n) is 10.7. The molecule has 2 aromatic rings. The number of nitrogens with zero attached hydrogens (tertiary/aromatic N) is 2. The van der Waals surface area contributed by atoms with Crippen molar-refractivity contribution in [2.45, 2.75) is 53.0 Å². The molecule has 156 valence electrons. The van der Waals surface area contributed by atoms with Crippen LogP contribution in [-0.4, -0.2) is 42.5 Å². The highest BCUT2D eigenvalue weighted by atomic mass is 16.5. The number of para-hydroxylation sites is 1. The van der Waals surface area contributed by atoms with Gasteiger partial charge in [-0.25, -0.2) is 0 Å². The minimum absolute atomic E-state index is 0.332. The number of benzene rings is 2.